The maximum absolute atomic E-state index is 12.6. The molecule has 1 atom stereocenters. The summed E-state index contributed by atoms with van der Waals surface area (Å²) in [4.78, 5) is 26.3. The first kappa shape index (κ1) is 24.0. The number of hydrogen-bond donors (Lipinski definition) is 4. The molecule has 3 aromatic rings. The zero-order valence-electron chi connectivity index (χ0n) is 16.9. The molecule has 0 radical (unpaired) electrons. The average Bonchev–Trinajstić information content (AvgIpc) is 3.40. The molecule has 1 aliphatic heterocycles. The van der Waals surface area contributed by atoms with E-state index >= 15 is 0 Å². The van der Waals surface area contributed by atoms with Crippen molar-refractivity contribution in [2.45, 2.75) is 25.1 Å². The quantitative estimate of drug-likeness (QED) is 0.445. The lowest BCUT2D eigenvalue weighted by Crippen LogP contribution is -2.39. The number of carboxylic acids is 1. The molecule has 33 heavy (non-hydrogen) atoms. The third kappa shape index (κ3) is 6.18. The highest BCUT2D eigenvalue weighted by molar-refractivity contribution is 7.11. The Bertz CT molecular complexity index is 1180. The van der Waals surface area contributed by atoms with Crippen LogP contribution in [0.1, 0.15) is 28.2 Å². The fourth-order valence-corrected chi connectivity index (χ4v) is 3.62. The number of hydrogen-bond acceptors (Lipinski definition) is 8. The van der Waals surface area contributed by atoms with Crippen LogP contribution in [0.5, 0.6) is 0 Å². The number of aromatic nitrogens is 3. The fourth-order valence-electron chi connectivity index (χ4n) is 2.98. The zero-order valence-corrected chi connectivity index (χ0v) is 17.7. The topological polar surface area (TPSA) is 144 Å². The van der Waals surface area contributed by atoms with Crippen molar-refractivity contribution in [3.63, 3.8) is 0 Å². The smallest absolute Gasteiger partial charge is 0.475 e. The second kappa shape index (κ2) is 10.3. The van der Waals surface area contributed by atoms with Crippen molar-refractivity contribution in [1.29, 1.82) is 5.26 Å². The van der Waals surface area contributed by atoms with Crippen LogP contribution in [0, 0.1) is 11.3 Å². The van der Waals surface area contributed by atoms with Crippen molar-refractivity contribution in [3.8, 4) is 6.07 Å². The van der Waals surface area contributed by atoms with Crippen LogP contribution >= 0.6 is 11.3 Å². The molecule has 4 heterocycles. The number of aliphatic carboxylic acids is 1. The normalized spacial score (nSPS) is 15.8. The molecule has 4 N–H and O–H groups in total. The summed E-state index contributed by atoms with van der Waals surface area (Å²) in [6.07, 6.45) is -1.23. The lowest BCUT2D eigenvalue weighted by molar-refractivity contribution is -0.192. The van der Waals surface area contributed by atoms with E-state index < -0.39 is 12.1 Å². The maximum Gasteiger partial charge on any atom is 0.490 e. The van der Waals surface area contributed by atoms with Gasteiger partial charge in [-0.25, -0.2) is 14.3 Å². The number of thiophene rings is 1. The molecule has 0 saturated carbocycles. The highest BCUT2D eigenvalue weighted by atomic mass is 32.1. The van der Waals surface area contributed by atoms with Crippen LogP contribution in [-0.2, 0) is 4.79 Å². The van der Waals surface area contributed by atoms with Gasteiger partial charge < -0.3 is 21.1 Å². The number of amides is 1. The largest absolute Gasteiger partial charge is 0.490 e. The van der Waals surface area contributed by atoms with Crippen LogP contribution in [0.2, 0.25) is 0 Å². The fraction of sp³-hybridized carbons (Fsp3) is 0.316. The Kier molecular flexibility index (Phi) is 7.46. The van der Waals surface area contributed by atoms with Gasteiger partial charge in [-0.1, -0.05) is 0 Å². The number of rotatable bonds is 4. The molecule has 0 bridgehead atoms. The van der Waals surface area contributed by atoms with E-state index in [9.17, 15) is 18.0 Å². The molecule has 14 heteroatoms. The van der Waals surface area contributed by atoms with Crippen molar-refractivity contribution < 1.29 is 27.9 Å². The number of nitrogens with zero attached hydrogens (tertiary/aromatic N) is 4. The van der Waals surface area contributed by atoms with Crippen molar-refractivity contribution in [2.75, 3.05) is 23.7 Å². The maximum atomic E-state index is 12.6. The van der Waals surface area contributed by atoms with Gasteiger partial charge in [-0.15, -0.1) is 16.4 Å². The van der Waals surface area contributed by atoms with Crippen LogP contribution in [0.3, 0.4) is 0 Å². The minimum absolute atomic E-state index is 0.276. The van der Waals surface area contributed by atoms with Gasteiger partial charge in [0.05, 0.1) is 17.4 Å². The van der Waals surface area contributed by atoms with Gasteiger partial charge in [0.2, 0.25) is 5.95 Å². The van der Waals surface area contributed by atoms with Crippen LogP contribution in [0.15, 0.2) is 29.8 Å². The minimum Gasteiger partial charge on any atom is -0.475 e. The van der Waals surface area contributed by atoms with Crippen LogP contribution in [-0.4, -0.2) is 56.9 Å². The predicted molar refractivity (Wildman–Crippen MR) is 113 cm³/mol. The van der Waals surface area contributed by atoms with Crippen molar-refractivity contribution >= 4 is 40.4 Å². The van der Waals surface area contributed by atoms with Gasteiger partial charge in [0.15, 0.2) is 0 Å². The first-order chi connectivity index (χ1) is 15.7. The van der Waals surface area contributed by atoms with E-state index in [-0.39, 0.29) is 11.9 Å². The van der Waals surface area contributed by atoms with E-state index in [4.69, 9.17) is 15.2 Å². The Hall–Kier alpha value is -3.70. The Morgan fingerprint density at radius 3 is 2.73 bits per heavy atom. The molecule has 3 aromatic heterocycles. The SMILES string of the molecule is N#Cc1sccc1NC(=O)c1ccc2cnc(N[C@@H]3CCCNC3)nn12.O=C(O)C(F)(F)F. The van der Waals surface area contributed by atoms with Gasteiger partial charge in [-0.05, 0) is 43.0 Å². The van der Waals surface area contributed by atoms with Crippen molar-refractivity contribution in [1.82, 2.24) is 19.9 Å². The molecule has 10 nitrogen and oxygen atoms in total. The molecule has 0 aromatic carbocycles. The summed E-state index contributed by atoms with van der Waals surface area (Å²) in [6, 6.07) is 7.56. The summed E-state index contributed by atoms with van der Waals surface area (Å²) >= 11 is 1.29. The molecule has 174 valence electrons. The molecule has 0 unspecified atom stereocenters. The first-order valence-electron chi connectivity index (χ1n) is 9.60. The number of piperidine rings is 1. The third-order valence-electron chi connectivity index (χ3n) is 4.52. The Labute approximate surface area is 189 Å². The molecule has 0 aliphatic carbocycles. The van der Waals surface area contributed by atoms with E-state index in [0.717, 1.165) is 31.4 Å². The van der Waals surface area contributed by atoms with E-state index in [0.29, 0.717) is 22.2 Å². The highest BCUT2D eigenvalue weighted by Crippen LogP contribution is 2.22. The summed E-state index contributed by atoms with van der Waals surface area (Å²) < 4.78 is 33.3. The van der Waals surface area contributed by atoms with E-state index in [1.54, 1.807) is 34.3 Å². The zero-order chi connectivity index (χ0) is 24.0. The van der Waals surface area contributed by atoms with Crippen LogP contribution < -0.4 is 16.0 Å². The number of nitriles is 1. The second-order valence-corrected chi connectivity index (χ2v) is 7.77. The van der Waals surface area contributed by atoms with Crippen molar-refractivity contribution in [3.05, 3.63) is 40.3 Å². The number of carbonyl (C=O) groups excluding carboxylic acids is 1. The monoisotopic (exact) mass is 481 g/mol. The predicted octanol–water partition coefficient (Wildman–Crippen LogP) is 2.71. The number of fused-ring (bicyclic) bond motifs is 1. The van der Waals surface area contributed by atoms with Gasteiger partial charge in [0.1, 0.15) is 16.6 Å². The standard InChI is InChI=1S/C17H17N7OS.C2HF3O2/c18-8-15-13(5-7-26-15)22-16(25)14-4-3-12-10-20-17(23-24(12)14)21-11-2-1-6-19-9-11;3-2(4,5)1(6)7/h3-5,7,10-11,19H,1-2,6,9H2,(H,21,23)(H,22,25);(H,6,7)/t11-;/m1./s1. The molecule has 1 saturated heterocycles. The Balaban J connectivity index is 0.000000383. The summed E-state index contributed by atoms with van der Waals surface area (Å²) in [5, 5.41) is 31.9. The van der Waals surface area contributed by atoms with Gasteiger partial charge in [0, 0.05) is 12.6 Å². The molecule has 4 rings (SSSR count). The van der Waals surface area contributed by atoms with E-state index in [1.807, 2.05) is 0 Å². The third-order valence-corrected chi connectivity index (χ3v) is 5.34. The lowest BCUT2D eigenvalue weighted by Gasteiger charge is -2.23. The number of halogens is 3. The number of carboxylic acid groups (broad SMARTS) is 1. The van der Waals surface area contributed by atoms with E-state index in [1.165, 1.54) is 11.3 Å². The average molecular weight is 481 g/mol. The summed E-state index contributed by atoms with van der Waals surface area (Å²) in [5.41, 5.74) is 1.63. The van der Waals surface area contributed by atoms with Gasteiger partial charge >= 0.3 is 12.1 Å². The van der Waals surface area contributed by atoms with Gasteiger partial charge in [0.25, 0.3) is 5.91 Å². The molecule has 1 fully saturated rings. The first-order valence-corrected chi connectivity index (χ1v) is 10.5. The minimum atomic E-state index is -5.08. The lowest BCUT2D eigenvalue weighted by atomic mass is 10.1. The summed E-state index contributed by atoms with van der Waals surface area (Å²) in [5.74, 6) is -2.58. The highest BCUT2D eigenvalue weighted by Gasteiger charge is 2.38. The molecular weight excluding hydrogens is 463 g/mol. The van der Waals surface area contributed by atoms with Crippen LogP contribution in [0.25, 0.3) is 5.52 Å². The van der Waals surface area contributed by atoms with Gasteiger partial charge in [-0.2, -0.15) is 18.4 Å². The number of alkyl halides is 3. The molecule has 1 aliphatic rings. The Morgan fingerprint density at radius 2 is 2.09 bits per heavy atom. The number of nitrogens with one attached hydrogen (secondary N) is 3. The molecule has 1 amide bonds. The summed E-state index contributed by atoms with van der Waals surface area (Å²) in [7, 11) is 0. The van der Waals surface area contributed by atoms with Crippen molar-refractivity contribution in [2.24, 2.45) is 0 Å². The Morgan fingerprint density at radius 1 is 1.33 bits per heavy atom. The van der Waals surface area contributed by atoms with Crippen LogP contribution in [0.4, 0.5) is 24.8 Å². The second-order valence-electron chi connectivity index (χ2n) is 6.86. The molecular formula is C19H18F3N7O3S. The summed E-state index contributed by atoms with van der Waals surface area (Å²) in [6.45, 7) is 1.91. The number of carbonyl (C=O) groups is 2. The molecule has 0 spiro atoms. The number of anilines is 2. The van der Waals surface area contributed by atoms with E-state index in [2.05, 4.69) is 32.1 Å². The van der Waals surface area contributed by atoms with Gasteiger partial charge in [-0.3, -0.25) is 4.79 Å².